The third-order valence-electron chi connectivity index (χ3n) is 25.3. The van der Waals surface area contributed by atoms with Gasteiger partial charge < -0.3 is 78.5 Å². The number of aromatic nitrogens is 6. The molecule has 9 aliphatic heterocycles. The van der Waals surface area contributed by atoms with E-state index in [1.54, 1.807) is 30.0 Å². The molecule has 0 radical (unpaired) electrons. The van der Waals surface area contributed by atoms with Crippen molar-refractivity contribution >= 4 is 84.6 Å². The molecule has 3 N–H and O–H groups in total. The summed E-state index contributed by atoms with van der Waals surface area (Å²) in [6.45, 7) is 31.9. The lowest BCUT2D eigenvalue weighted by Gasteiger charge is -2.38. The van der Waals surface area contributed by atoms with Gasteiger partial charge in [-0.15, -0.1) is 0 Å². The molecule has 122 heavy (non-hydrogen) atoms. The van der Waals surface area contributed by atoms with E-state index in [1.165, 1.54) is 18.2 Å². The average Bonchev–Trinajstić information content (AvgIpc) is 0.812. The molecule has 3 amide bonds. The Morgan fingerprint density at radius 2 is 0.820 bits per heavy atom. The Labute approximate surface area is 711 Å². The molecule has 0 unspecified atom stereocenters. The Bertz CT molecular complexity index is 5300. The standard InChI is InChI=1S/C32H39FN6O3.C31H37FN6O3.C30H36N6O3/c1-3-29(41)37-14-16-38(17-15-37)30-26-8-11-39(28-21-24(40)20-23-6-4-5-7-25(23)28)22-27(26)34-31(35-30)42-19-18-36-12-9-32(2,33)10-13-36;1-2-29(40)36-12-14-37(15-13-36)30-26-9-11-38(28-19-24(39)18-22-6-3-4-8-25(22)28)21-27(26)33-31(34-30)41-17-16-35-10-5-7-23(32)20-35;1-3-28(38)34-12-14-35(15-13-34)29-25-9-11-36(27-17-23(37)16-22-6-4-5-7-24(22)27)19-26(25)31-30(32-29)39-20-21-8-10-33(2)18-21/h3-7,20-21,40H,1,8-19,22H2,2H3;2-4,6,8,18-19,23,39H,1,5,7,9-17,20-21H2;3-7,16-17,21,37H,1,8-15,18-20H2,2H3/t;23-;21-/m.01/s1. The smallest absolute Gasteiger partial charge is 0.318 e. The first-order valence-corrected chi connectivity index (χ1v) is 43.2. The van der Waals surface area contributed by atoms with Crippen LogP contribution in [0.4, 0.5) is 43.3 Å². The van der Waals surface area contributed by atoms with Crippen molar-refractivity contribution in [3.8, 4) is 35.3 Å². The molecule has 2 atom stereocenters. The van der Waals surface area contributed by atoms with Crippen LogP contribution in [0, 0.1) is 5.92 Å². The Balaban J connectivity index is 0.000000136. The fraction of sp³-hybridized carbons (Fsp3) is 0.452. The molecule has 18 rings (SSSR count). The molecule has 3 aromatic heterocycles. The predicted molar refractivity (Wildman–Crippen MR) is 472 cm³/mol. The lowest BCUT2D eigenvalue weighted by atomic mass is 9.96. The number of halogens is 2. The van der Waals surface area contributed by atoms with Crippen molar-refractivity contribution in [3.63, 3.8) is 0 Å². The molecule has 0 aliphatic carbocycles. The number of phenolic OH excluding ortho intramolecular Hbond substituents is 3. The maximum Gasteiger partial charge on any atom is 0.318 e. The zero-order valence-electron chi connectivity index (χ0n) is 70.2. The zero-order chi connectivity index (χ0) is 84.5. The highest BCUT2D eigenvalue weighted by atomic mass is 19.1. The van der Waals surface area contributed by atoms with Gasteiger partial charge in [-0.3, -0.25) is 24.2 Å². The van der Waals surface area contributed by atoms with Crippen LogP contribution in [-0.2, 0) is 53.3 Å². The maximum absolute atomic E-state index is 14.2. The quantitative estimate of drug-likeness (QED) is 0.0599. The number of rotatable bonds is 20. The highest BCUT2D eigenvalue weighted by Gasteiger charge is 2.36. The molecule has 9 aromatic rings. The van der Waals surface area contributed by atoms with Gasteiger partial charge in [0.25, 0.3) is 0 Å². The number of ether oxygens (including phenoxy) is 3. The summed E-state index contributed by atoms with van der Waals surface area (Å²) >= 11 is 0. The number of likely N-dealkylation sites (tertiary alicyclic amines) is 3. The second-order valence-electron chi connectivity index (χ2n) is 33.6. The minimum atomic E-state index is -1.08. The molecule has 0 bridgehead atoms. The van der Waals surface area contributed by atoms with E-state index in [0.717, 1.165) is 172 Å². The maximum atomic E-state index is 14.2. The summed E-state index contributed by atoms with van der Waals surface area (Å²) in [7, 11) is 2.14. The number of carbonyl (C=O) groups is 3. The SMILES string of the molecule is C=CC(=O)N1CCN(c2nc(OCCN3CCC(C)(F)CC3)nc3c2CCN(c2cc(O)cc4ccccc24)C3)CC1.C=CC(=O)N1CCN(c2nc(OCCN3CCC[C@H](F)C3)nc3c2CCN(c2cc(O)cc4ccccc24)C3)CC1.C=CC(=O)N1CCN(c2nc(OC[C@@H]3CCN(C)C3)nc3c2CCN(c2cc(O)cc4ccccc24)C3)CC1. The molecule has 12 heterocycles. The largest absolute Gasteiger partial charge is 0.508 e. The number of fused-ring (bicyclic) bond motifs is 6. The van der Waals surface area contributed by atoms with E-state index in [-0.39, 0.29) is 35.0 Å². The Hall–Kier alpha value is -11.7. The number of hydrogen-bond acceptors (Lipinski definition) is 24. The van der Waals surface area contributed by atoms with Gasteiger partial charge in [-0.2, -0.15) is 29.9 Å². The summed E-state index contributed by atoms with van der Waals surface area (Å²) in [5.74, 6) is 3.71. The van der Waals surface area contributed by atoms with Crippen molar-refractivity contribution in [2.75, 3.05) is 207 Å². The minimum absolute atomic E-state index is 0.0288. The van der Waals surface area contributed by atoms with Crippen LogP contribution in [0.1, 0.15) is 72.8 Å². The molecule has 0 saturated carbocycles. The molecule has 27 nitrogen and oxygen atoms in total. The van der Waals surface area contributed by atoms with E-state index in [0.29, 0.717) is 194 Å². The van der Waals surface area contributed by atoms with Crippen molar-refractivity contribution in [2.45, 2.75) is 89.8 Å². The van der Waals surface area contributed by atoms with Gasteiger partial charge in [0.15, 0.2) is 0 Å². The van der Waals surface area contributed by atoms with Gasteiger partial charge in [-0.05, 0) is 131 Å². The Kier molecular flexibility index (Phi) is 26.0. The number of nitrogens with zero attached hydrogens (tertiary/aromatic N) is 18. The lowest BCUT2D eigenvalue weighted by Crippen LogP contribution is -2.49. The second kappa shape index (κ2) is 37.7. The van der Waals surface area contributed by atoms with Crippen LogP contribution in [-0.4, -0.2) is 282 Å². The molecule has 6 aromatic carbocycles. The number of piperazine rings is 3. The molecular weight excluding hydrogens is 1550 g/mol. The van der Waals surface area contributed by atoms with Crippen molar-refractivity contribution in [2.24, 2.45) is 5.92 Å². The monoisotopic (exact) mass is 1660 g/mol. The topological polar surface area (TPSA) is 256 Å². The van der Waals surface area contributed by atoms with Crippen LogP contribution in [0.25, 0.3) is 32.3 Å². The Morgan fingerprint density at radius 1 is 0.451 bits per heavy atom. The number of anilines is 6. The fourth-order valence-electron chi connectivity index (χ4n) is 18.5. The fourth-order valence-corrected chi connectivity index (χ4v) is 18.5. The number of carbonyl (C=O) groups excluding carboxylic acids is 3. The van der Waals surface area contributed by atoms with Gasteiger partial charge in [-0.1, -0.05) is 92.5 Å². The molecule has 0 spiro atoms. The van der Waals surface area contributed by atoms with Crippen LogP contribution in [0.3, 0.4) is 0 Å². The number of piperidine rings is 2. The van der Waals surface area contributed by atoms with Gasteiger partial charge in [-0.25, -0.2) is 8.78 Å². The zero-order valence-corrected chi connectivity index (χ0v) is 70.2. The second-order valence-corrected chi connectivity index (χ2v) is 33.6. The van der Waals surface area contributed by atoms with E-state index in [2.05, 4.69) is 89.1 Å². The summed E-state index contributed by atoms with van der Waals surface area (Å²) in [4.78, 5) is 91.5. The van der Waals surface area contributed by atoms with Crippen molar-refractivity contribution in [1.29, 1.82) is 0 Å². The lowest BCUT2D eigenvalue weighted by molar-refractivity contribution is -0.127. The summed E-state index contributed by atoms with van der Waals surface area (Å²) in [6.07, 6.45) is 9.29. The summed E-state index contributed by atoms with van der Waals surface area (Å²) in [5, 5.41) is 37.6. The van der Waals surface area contributed by atoms with Crippen molar-refractivity contribution in [1.82, 2.24) is 59.3 Å². The highest BCUT2D eigenvalue weighted by Crippen LogP contribution is 2.42. The van der Waals surface area contributed by atoms with Gasteiger partial charge >= 0.3 is 18.0 Å². The Morgan fingerprint density at radius 3 is 1.18 bits per heavy atom. The normalized spacial score (nSPS) is 19.5. The third kappa shape index (κ3) is 19.6. The number of aromatic hydroxyl groups is 3. The first-order chi connectivity index (χ1) is 59.2. The summed E-state index contributed by atoms with van der Waals surface area (Å²) < 4.78 is 46.6. The van der Waals surface area contributed by atoms with Gasteiger partial charge in [0.05, 0.1) is 43.3 Å². The van der Waals surface area contributed by atoms with Gasteiger partial charge in [0, 0.05) is 211 Å². The van der Waals surface area contributed by atoms with Crippen LogP contribution in [0.2, 0.25) is 0 Å². The first kappa shape index (κ1) is 83.9. The van der Waals surface area contributed by atoms with Crippen LogP contribution in [0.15, 0.2) is 147 Å². The molecule has 29 heteroatoms. The van der Waals surface area contributed by atoms with Gasteiger partial charge in [0.2, 0.25) is 17.7 Å². The third-order valence-corrected chi connectivity index (χ3v) is 25.3. The number of amides is 3. The van der Waals surface area contributed by atoms with Crippen LogP contribution < -0.4 is 43.6 Å². The number of hydrogen-bond donors (Lipinski definition) is 3. The van der Waals surface area contributed by atoms with Crippen molar-refractivity contribution < 1.29 is 52.7 Å². The van der Waals surface area contributed by atoms with E-state index in [1.807, 2.05) is 82.6 Å². The minimum Gasteiger partial charge on any atom is -0.508 e. The molecule has 642 valence electrons. The molecular formula is C93H112F2N18O9. The molecule has 9 aliphatic rings. The predicted octanol–water partition coefficient (Wildman–Crippen LogP) is 10.5. The van der Waals surface area contributed by atoms with E-state index >= 15 is 0 Å². The highest BCUT2D eigenvalue weighted by molar-refractivity contribution is 5.98. The molecule has 6 fully saturated rings. The van der Waals surface area contributed by atoms with Gasteiger partial charge in [0.1, 0.15) is 59.8 Å². The average molecular weight is 1660 g/mol. The first-order valence-electron chi connectivity index (χ1n) is 43.2. The number of alkyl halides is 2. The van der Waals surface area contributed by atoms with Crippen molar-refractivity contribution in [3.05, 3.63) is 181 Å². The van der Waals surface area contributed by atoms with Crippen LogP contribution >= 0.6 is 0 Å². The summed E-state index contributed by atoms with van der Waals surface area (Å²) in [5.41, 5.74) is 7.97. The van der Waals surface area contributed by atoms with E-state index < -0.39 is 11.8 Å². The summed E-state index contributed by atoms with van der Waals surface area (Å²) in [6, 6.07) is 36.2. The van der Waals surface area contributed by atoms with Crippen LogP contribution in [0.5, 0.6) is 35.3 Å². The van der Waals surface area contributed by atoms with E-state index in [4.69, 9.17) is 44.1 Å². The number of phenols is 3. The van der Waals surface area contributed by atoms with E-state index in [9.17, 15) is 38.5 Å². The number of benzene rings is 6. The molecule has 6 saturated heterocycles.